The molecule has 0 aromatic rings. The van der Waals surface area contributed by atoms with Gasteiger partial charge in [0.05, 0.1) is 13.2 Å². The summed E-state index contributed by atoms with van der Waals surface area (Å²) in [5, 5.41) is 40.0. The van der Waals surface area contributed by atoms with Crippen molar-refractivity contribution in [1.82, 2.24) is 0 Å². The summed E-state index contributed by atoms with van der Waals surface area (Å²) < 4.78 is 22.1. The van der Waals surface area contributed by atoms with Crippen LogP contribution in [0.4, 0.5) is 0 Å². The molecule has 1 heterocycles. The molecule has 0 bridgehead atoms. The van der Waals surface area contributed by atoms with Crippen molar-refractivity contribution in [2.24, 2.45) is 0 Å². The molecule has 6 atom stereocenters. The summed E-state index contributed by atoms with van der Waals surface area (Å²) in [4.78, 5) is 25.3. The summed E-state index contributed by atoms with van der Waals surface area (Å²) in [6.07, 6.45) is 39.1. The molecule has 1 aliphatic heterocycles. The van der Waals surface area contributed by atoms with E-state index in [1.165, 1.54) is 44.9 Å². The molecular formula is C47H78O10. The topological polar surface area (TPSA) is 152 Å². The Labute approximate surface area is 344 Å². The van der Waals surface area contributed by atoms with Gasteiger partial charge in [0.25, 0.3) is 0 Å². The van der Waals surface area contributed by atoms with E-state index >= 15 is 0 Å². The highest BCUT2D eigenvalue weighted by Crippen LogP contribution is 2.22. The van der Waals surface area contributed by atoms with Gasteiger partial charge in [0.15, 0.2) is 12.4 Å². The van der Waals surface area contributed by atoms with Crippen LogP contribution < -0.4 is 0 Å². The zero-order valence-electron chi connectivity index (χ0n) is 35.3. The molecule has 0 amide bonds. The maximum atomic E-state index is 12.7. The normalized spacial score (nSPS) is 21.0. The molecule has 10 heteroatoms. The minimum atomic E-state index is -1.61. The third-order valence-corrected chi connectivity index (χ3v) is 9.54. The molecule has 1 rings (SSSR count). The SMILES string of the molecule is CCC/C=C/C/C=C/C/C=C/C/C=C/CCCCCC(=O)OC[C@@H](CO[C@H]1O[C@@H](CO)[C@@H](O)C(O)C1O)OC(=O)CCCC/C=C/C/C=C/CCCCCCCC. The van der Waals surface area contributed by atoms with Crippen LogP contribution >= 0.6 is 0 Å². The van der Waals surface area contributed by atoms with Gasteiger partial charge in [-0.25, -0.2) is 0 Å². The predicted molar refractivity (Wildman–Crippen MR) is 228 cm³/mol. The van der Waals surface area contributed by atoms with Crippen LogP contribution in [0.5, 0.6) is 0 Å². The van der Waals surface area contributed by atoms with E-state index in [9.17, 15) is 30.0 Å². The van der Waals surface area contributed by atoms with Gasteiger partial charge in [0.1, 0.15) is 31.0 Å². The van der Waals surface area contributed by atoms with E-state index in [1.54, 1.807) is 0 Å². The predicted octanol–water partition coefficient (Wildman–Crippen LogP) is 9.22. The van der Waals surface area contributed by atoms with E-state index in [4.69, 9.17) is 18.9 Å². The number of esters is 2. The summed E-state index contributed by atoms with van der Waals surface area (Å²) in [6, 6.07) is 0. The summed E-state index contributed by atoms with van der Waals surface area (Å²) in [6.45, 7) is 3.26. The molecule has 57 heavy (non-hydrogen) atoms. The Kier molecular flexibility index (Phi) is 34.2. The van der Waals surface area contributed by atoms with Crippen molar-refractivity contribution in [3.05, 3.63) is 72.9 Å². The van der Waals surface area contributed by atoms with Gasteiger partial charge in [-0.3, -0.25) is 9.59 Å². The van der Waals surface area contributed by atoms with E-state index in [-0.39, 0.29) is 26.1 Å². The number of aliphatic hydroxyl groups is 4. The Hall–Kier alpha value is -2.86. The number of ether oxygens (including phenoxy) is 4. The van der Waals surface area contributed by atoms with Crippen molar-refractivity contribution < 1.29 is 49.0 Å². The lowest BCUT2D eigenvalue weighted by Gasteiger charge is -2.39. The van der Waals surface area contributed by atoms with E-state index in [0.29, 0.717) is 12.8 Å². The van der Waals surface area contributed by atoms with Gasteiger partial charge < -0.3 is 39.4 Å². The Balaban J connectivity index is 2.40. The largest absolute Gasteiger partial charge is 0.462 e. The van der Waals surface area contributed by atoms with Crippen LogP contribution in [0, 0.1) is 0 Å². The highest BCUT2D eigenvalue weighted by molar-refractivity contribution is 5.70. The summed E-state index contributed by atoms with van der Waals surface area (Å²) in [5.74, 6) is -0.888. The number of hydrogen-bond acceptors (Lipinski definition) is 10. The summed E-state index contributed by atoms with van der Waals surface area (Å²) >= 11 is 0. The lowest BCUT2D eigenvalue weighted by atomic mass is 9.99. The van der Waals surface area contributed by atoms with E-state index in [1.807, 2.05) is 0 Å². The minimum Gasteiger partial charge on any atom is -0.462 e. The van der Waals surface area contributed by atoms with Crippen molar-refractivity contribution in [3.63, 3.8) is 0 Å². The Morgan fingerprint density at radius 3 is 1.58 bits per heavy atom. The van der Waals surface area contributed by atoms with Gasteiger partial charge in [0, 0.05) is 12.8 Å². The third kappa shape index (κ3) is 29.1. The van der Waals surface area contributed by atoms with Crippen LogP contribution in [0.25, 0.3) is 0 Å². The van der Waals surface area contributed by atoms with Crippen molar-refractivity contribution in [1.29, 1.82) is 0 Å². The lowest BCUT2D eigenvalue weighted by molar-refractivity contribution is -0.305. The van der Waals surface area contributed by atoms with Gasteiger partial charge >= 0.3 is 11.9 Å². The fraction of sp³-hybridized carbons (Fsp3) is 0.702. The second kappa shape index (κ2) is 37.4. The summed E-state index contributed by atoms with van der Waals surface area (Å²) in [5.41, 5.74) is 0. The molecule has 326 valence electrons. The number of carbonyl (C=O) groups excluding carboxylic acids is 2. The zero-order valence-corrected chi connectivity index (χ0v) is 35.3. The van der Waals surface area contributed by atoms with Gasteiger partial charge in [-0.2, -0.15) is 0 Å². The first-order chi connectivity index (χ1) is 27.8. The molecule has 0 aromatic carbocycles. The number of rotatable bonds is 35. The number of allylic oxidation sites excluding steroid dienone is 12. The molecule has 0 saturated carbocycles. The molecule has 0 spiro atoms. The van der Waals surface area contributed by atoms with Crippen LogP contribution in [0.1, 0.15) is 155 Å². The molecule has 0 aliphatic carbocycles. The van der Waals surface area contributed by atoms with Gasteiger partial charge in [-0.15, -0.1) is 0 Å². The fourth-order valence-corrected chi connectivity index (χ4v) is 6.03. The first kappa shape index (κ1) is 52.2. The van der Waals surface area contributed by atoms with Crippen LogP contribution in [0.3, 0.4) is 0 Å². The molecular weight excluding hydrogens is 725 g/mol. The van der Waals surface area contributed by atoms with Crippen LogP contribution in [-0.4, -0.2) is 89.0 Å². The Bertz CT molecular complexity index is 1160. The molecule has 4 N–H and O–H groups in total. The highest BCUT2D eigenvalue weighted by atomic mass is 16.7. The first-order valence-corrected chi connectivity index (χ1v) is 22.0. The second-order valence-corrected chi connectivity index (χ2v) is 14.8. The third-order valence-electron chi connectivity index (χ3n) is 9.54. The van der Waals surface area contributed by atoms with Crippen LogP contribution in [0.15, 0.2) is 72.9 Å². The van der Waals surface area contributed by atoms with Crippen molar-refractivity contribution >= 4 is 11.9 Å². The smallest absolute Gasteiger partial charge is 0.306 e. The Morgan fingerprint density at radius 2 is 1.02 bits per heavy atom. The quantitative estimate of drug-likeness (QED) is 0.0277. The molecule has 1 saturated heterocycles. The number of unbranched alkanes of at least 4 members (excludes halogenated alkanes) is 12. The van der Waals surface area contributed by atoms with E-state index in [2.05, 4.69) is 86.8 Å². The molecule has 0 aromatic heterocycles. The van der Waals surface area contributed by atoms with E-state index in [0.717, 1.165) is 70.6 Å². The number of hydrogen-bond donors (Lipinski definition) is 4. The summed E-state index contributed by atoms with van der Waals surface area (Å²) in [7, 11) is 0. The van der Waals surface area contributed by atoms with Crippen LogP contribution in [-0.2, 0) is 28.5 Å². The fourth-order valence-electron chi connectivity index (χ4n) is 6.03. The maximum Gasteiger partial charge on any atom is 0.306 e. The van der Waals surface area contributed by atoms with Gasteiger partial charge in [-0.05, 0) is 83.5 Å². The first-order valence-electron chi connectivity index (χ1n) is 22.0. The van der Waals surface area contributed by atoms with Gasteiger partial charge in [-0.1, -0.05) is 132 Å². The highest BCUT2D eigenvalue weighted by Gasteiger charge is 2.44. The van der Waals surface area contributed by atoms with Crippen LogP contribution in [0.2, 0.25) is 0 Å². The number of aliphatic hydroxyl groups excluding tert-OH is 4. The number of carbonyl (C=O) groups is 2. The maximum absolute atomic E-state index is 12.7. The van der Waals surface area contributed by atoms with E-state index < -0.39 is 55.4 Å². The zero-order chi connectivity index (χ0) is 41.6. The Morgan fingerprint density at radius 1 is 0.544 bits per heavy atom. The second-order valence-electron chi connectivity index (χ2n) is 14.8. The molecule has 2 unspecified atom stereocenters. The monoisotopic (exact) mass is 803 g/mol. The average molecular weight is 803 g/mol. The van der Waals surface area contributed by atoms with Crippen molar-refractivity contribution in [2.45, 2.75) is 192 Å². The van der Waals surface area contributed by atoms with Gasteiger partial charge in [0.2, 0.25) is 0 Å². The molecule has 1 fully saturated rings. The minimum absolute atomic E-state index is 0.176. The molecule has 10 nitrogen and oxygen atoms in total. The molecule has 0 radical (unpaired) electrons. The van der Waals surface area contributed by atoms with Crippen molar-refractivity contribution in [2.75, 3.05) is 19.8 Å². The standard InChI is InChI=1S/C47H78O10/c1-3-5-7-9-11-13-15-17-19-20-22-23-25-27-29-31-33-35-42(49)54-38-40(39-55-47-46(53)45(52)44(51)41(37-48)57-47)56-43(50)36-34-32-30-28-26-24-21-18-16-14-12-10-8-6-4-2/h7,9,13,15,18-21,23,25-26,28,40-41,44-48,51-53H,3-6,8,10-12,14,16-17,22,24,27,29-39H2,1-2H3/b9-7+,15-13+,20-19+,21-18+,25-23+,28-26+/t40-,41-,44+,45?,46?,47-/m0/s1. The molecule has 1 aliphatic rings. The average Bonchev–Trinajstić information content (AvgIpc) is 3.21. The lowest BCUT2D eigenvalue weighted by Crippen LogP contribution is -2.59. The van der Waals surface area contributed by atoms with Crippen molar-refractivity contribution in [3.8, 4) is 0 Å².